The Morgan fingerprint density at radius 3 is 2.15 bits per heavy atom. The summed E-state index contributed by atoms with van der Waals surface area (Å²) in [5.41, 5.74) is 1.48. The highest BCUT2D eigenvalue weighted by Crippen LogP contribution is 2.37. The Balaban J connectivity index is 1.62. The van der Waals surface area contributed by atoms with Crippen molar-refractivity contribution in [1.82, 2.24) is 0 Å². The largest absolute Gasteiger partial charge is 0.423 e. The second-order valence-electron chi connectivity index (χ2n) is 7.22. The summed E-state index contributed by atoms with van der Waals surface area (Å²) in [7, 11) is 0. The Labute approximate surface area is 157 Å². The SMILES string of the molecule is CCCC1CCC(c2ccc(C(=O)Oc3cc(F)c(F)c(F)c3)cc2)CC1. The summed E-state index contributed by atoms with van der Waals surface area (Å²) < 4.78 is 44.4. The van der Waals surface area contributed by atoms with Gasteiger partial charge >= 0.3 is 5.97 Å². The van der Waals surface area contributed by atoms with Crippen LogP contribution in [0.5, 0.6) is 5.75 Å². The van der Waals surface area contributed by atoms with Gasteiger partial charge < -0.3 is 4.74 Å². The normalized spacial score (nSPS) is 19.7. The minimum atomic E-state index is -1.59. The van der Waals surface area contributed by atoms with Crippen molar-refractivity contribution in [2.24, 2.45) is 5.92 Å². The highest BCUT2D eigenvalue weighted by molar-refractivity contribution is 5.91. The summed E-state index contributed by atoms with van der Waals surface area (Å²) in [6, 6.07) is 8.44. The molecular weight excluding hydrogens is 353 g/mol. The molecule has 144 valence electrons. The first-order valence-corrected chi connectivity index (χ1v) is 9.44. The van der Waals surface area contributed by atoms with Gasteiger partial charge in [-0.3, -0.25) is 0 Å². The van der Waals surface area contributed by atoms with Crippen molar-refractivity contribution < 1.29 is 22.7 Å². The van der Waals surface area contributed by atoms with Crippen molar-refractivity contribution >= 4 is 5.97 Å². The molecule has 0 spiro atoms. The van der Waals surface area contributed by atoms with Crippen LogP contribution in [-0.2, 0) is 0 Å². The van der Waals surface area contributed by atoms with E-state index in [1.807, 2.05) is 12.1 Å². The zero-order valence-electron chi connectivity index (χ0n) is 15.3. The number of esters is 1. The summed E-state index contributed by atoms with van der Waals surface area (Å²) in [5.74, 6) is -4.15. The molecule has 0 aromatic heterocycles. The van der Waals surface area contributed by atoms with Gasteiger partial charge in [-0.2, -0.15) is 0 Å². The summed E-state index contributed by atoms with van der Waals surface area (Å²) in [5, 5.41) is 0. The summed E-state index contributed by atoms with van der Waals surface area (Å²) in [6.07, 6.45) is 7.31. The number of ether oxygens (including phenoxy) is 1. The minimum Gasteiger partial charge on any atom is -0.423 e. The van der Waals surface area contributed by atoms with Crippen molar-refractivity contribution in [2.75, 3.05) is 0 Å². The van der Waals surface area contributed by atoms with Gasteiger partial charge in [-0.15, -0.1) is 0 Å². The third-order valence-corrected chi connectivity index (χ3v) is 5.33. The molecule has 0 saturated heterocycles. The molecule has 0 bridgehead atoms. The lowest BCUT2D eigenvalue weighted by Crippen LogP contribution is -2.14. The van der Waals surface area contributed by atoms with Crippen LogP contribution in [0.25, 0.3) is 0 Å². The molecule has 0 heterocycles. The first-order chi connectivity index (χ1) is 13.0. The standard InChI is InChI=1S/C22H23F3O2/c1-2-3-14-4-6-15(7-5-14)16-8-10-17(11-9-16)22(26)27-18-12-19(23)21(25)20(24)13-18/h8-15H,2-7H2,1H3. The molecule has 0 unspecified atom stereocenters. The molecule has 2 aromatic rings. The molecular formula is C22H23F3O2. The van der Waals surface area contributed by atoms with Crippen molar-refractivity contribution in [3.05, 3.63) is 65.0 Å². The minimum absolute atomic E-state index is 0.281. The van der Waals surface area contributed by atoms with Gasteiger partial charge in [0.15, 0.2) is 17.5 Å². The van der Waals surface area contributed by atoms with Gasteiger partial charge in [0.05, 0.1) is 5.56 Å². The Morgan fingerprint density at radius 2 is 1.59 bits per heavy atom. The van der Waals surface area contributed by atoms with E-state index in [9.17, 15) is 18.0 Å². The fourth-order valence-electron chi connectivity index (χ4n) is 3.84. The van der Waals surface area contributed by atoms with Gasteiger partial charge in [0.2, 0.25) is 0 Å². The van der Waals surface area contributed by atoms with Crippen LogP contribution in [0.3, 0.4) is 0 Å². The highest BCUT2D eigenvalue weighted by atomic mass is 19.2. The van der Waals surface area contributed by atoms with Gasteiger partial charge in [0.1, 0.15) is 5.75 Å². The molecule has 0 atom stereocenters. The zero-order chi connectivity index (χ0) is 19.4. The molecule has 3 rings (SSSR count). The number of benzene rings is 2. The summed E-state index contributed by atoms with van der Waals surface area (Å²) in [4.78, 5) is 12.2. The summed E-state index contributed by atoms with van der Waals surface area (Å²) in [6.45, 7) is 2.22. The molecule has 27 heavy (non-hydrogen) atoms. The first kappa shape index (κ1) is 19.5. The smallest absolute Gasteiger partial charge is 0.343 e. The average molecular weight is 376 g/mol. The Hall–Kier alpha value is -2.30. The fourth-order valence-corrected chi connectivity index (χ4v) is 3.84. The fraction of sp³-hybridized carbons (Fsp3) is 0.409. The molecule has 0 radical (unpaired) electrons. The molecule has 0 N–H and O–H groups in total. The lowest BCUT2D eigenvalue weighted by atomic mass is 9.77. The topological polar surface area (TPSA) is 26.3 Å². The molecule has 1 fully saturated rings. The van der Waals surface area contributed by atoms with E-state index in [4.69, 9.17) is 4.74 Å². The monoisotopic (exact) mass is 376 g/mol. The van der Waals surface area contributed by atoms with E-state index in [1.165, 1.54) is 31.2 Å². The van der Waals surface area contributed by atoms with Crippen LogP contribution >= 0.6 is 0 Å². The van der Waals surface area contributed by atoms with Crippen molar-refractivity contribution in [3.63, 3.8) is 0 Å². The van der Waals surface area contributed by atoms with Crippen LogP contribution in [-0.4, -0.2) is 5.97 Å². The van der Waals surface area contributed by atoms with Gasteiger partial charge in [-0.05, 0) is 55.2 Å². The lowest BCUT2D eigenvalue weighted by Gasteiger charge is -2.28. The number of rotatable bonds is 5. The third kappa shape index (κ3) is 4.71. The number of halogens is 3. The Kier molecular flexibility index (Phi) is 6.19. The number of carbonyl (C=O) groups is 1. The van der Waals surface area contributed by atoms with Gasteiger partial charge in [0, 0.05) is 12.1 Å². The molecule has 5 heteroatoms. The third-order valence-electron chi connectivity index (χ3n) is 5.33. The van der Waals surface area contributed by atoms with Gasteiger partial charge in [-0.25, -0.2) is 18.0 Å². The number of carbonyl (C=O) groups excluding carboxylic acids is 1. The van der Waals surface area contributed by atoms with Crippen LogP contribution in [0, 0.1) is 23.4 Å². The highest BCUT2D eigenvalue weighted by Gasteiger charge is 2.22. The maximum atomic E-state index is 13.2. The summed E-state index contributed by atoms with van der Waals surface area (Å²) >= 11 is 0. The molecule has 2 nitrogen and oxygen atoms in total. The zero-order valence-corrected chi connectivity index (χ0v) is 15.3. The molecule has 2 aromatic carbocycles. The van der Waals surface area contributed by atoms with Crippen molar-refractivity contribution in [2.45, 2.75) is 51.4 Å². The molecule has 0 amide bonds. The van der Waals surface area contributed by atoms with E-state index in [-0.39, 0.29) is 11.3 Å². The van der Waals surface area contributed by atoms with Crippen LogP contribution in [0.1, 0.15) is 67.3 Å². The number of hydrogen-bond acceptors (Lipinski definition) is 2. The predicted molar refractivity (Wildman–Crippen MR) is 97.3 cm³/mol. The molecule has 1 saturated carbocycles. The van der Waals surface area contributed by atoms with E-state index >= 15 is 0 Å². The lowest BCUT2D eigenvalue weighted by molar-refractivity contribution is 0.0733. The van der Waals surface area contributed by atoms with Crippen LogP contribution in [0.15, 0.2) is 36.4 Å². The molecule has 1 aliphatic carbocycles. The Morgan fingerprint density at radius 1 is 1.00 bits per heavy atom. The number of hydrogen-bond donors (Lipinski definition) is 0. The van der Waals surface area contributed by atoms with Gasteiger partial charge in [0.25, 0.3) is 0 Å². The Bertz CT molecular complexity index is 771. The van der Waals surface area contributed by atoms with E-state index in [1.54, 1.807) is 12.1 Å². The molecule has 0 aliphatic heterocycles. The van der Waals surface area contributed by atoms with Crippen molar-refractivity contribution in [1.29, 1.82) is 0 Å². The molecule has 1 aliphatic rings. The van der Waals surface area contributed by atoms with Crippen LogP contribution in [0.2, 0.25) is 0 Å². The van der Waals surface area contributed by atoms with Crippen LogP contribution in [0.4, 0.5) is 13.2 Å². The van der Waals surface area contributed by atoms with Crippen LogP contribution < -0.4 is 4.74 Å². The van der Waals surface area contributed by atoms with E-state index in [2.05, 4.69) is 6.92 Å². The average Bonchev–Trinajstić information content (AvgIpc) is 2.67. The van der Waals surface area contributed by atoms with E-state index in [0.717, 1.165) is 18.8 Å². The maximum Gasteiger partial charge on any atom is 0.343 e. The van der Waals surface area contributed by atoms with Gasteiger partial charge in [-0.1, -0.05) is 31.9 Å². The van der Waals surface area contributed by atoms with E-state index in [0.29, 0.717) is 18.1 Å². The quantitative estimate of drug-likeness (QED) is 0.343. The van der Waals surface area contributed by atoms with Crippen molar-refractivity contribution in [3.8, 4) is 5.75 Å². The maximum absolute atomic E-state index is 13.2. The first-order valence-electron chi connectivity index (χ1n) is 9.44. The predicted octanol–water partition coefficient (Wildman–Crippen LogP) is 6.40. The second kappa shape index (κ2) is 8.59. The van der Waals surface area contributed by atoms with E-state index < -0.39 is 23.4 Å². The second-order valence-corrected chi connectivity index (χ2v) is 7.22.